The molecule has 88 valence electrons. The van der Waals surface area contributed by atoms with E-state index in [4.69, 9.17) is 9.47 Å². The number of aryl methyl sites for hydroxylation is 1. The summed E-state index contributed by atoms with van der Waals surface area (Å²) in [6.45, 7) is 1.40. The summed E-state index contributed by atoms with van der Waals surface area (Å²) in [5.74, 6) is 0.893. The number of hydrogen-bond acceptors (Lipinski definition) is 3. The molecule has 0 saturated carbocycles. The second-order valence-corrected chi connectivity index (χ2v) is 4.11. The highest BCUT2D eigenvalue weighted by atomic mass is 16.5. The summed E-state index contributed by atoms with van der Waals surface area (Å²) in [7, 11) is 1.69. The lowest BCUT2D eigenvalue weighted by atomic mass is 10.1. The maximum Gasteiger partial charge on any atom is 0.119 e. The van der Waals surface area contributed by atoms with Crippen LogP contribution in [0.15, 0.2) is 18.2 Å². The van der Waals surface area contributed by atoms with Gasteiger partial charge in [-0.2, -0.15) is 0 Å². The van der Waals surface area contributed by atoms with Crippen LogP contribution in [-0.4, -0.2) is 25.4 Å². The standard InChI is InChI=1S/C13H18O3/c1-15-7-2-8-16-11-4-5-12-10(9-11)3-6-13(12)14/h4-5,9,13-14H,2-3,6-8H2,1H3/t13-/m0/s1. The van der Waals surface area contributed by atoms with E-state index in [-0.39, 0.29) is 6.10 Å². The Morgan fingerprint density at radius 3 is 3.06 bits per heavy atom. The zero-order valence-electron chi connectivity index (χ0n) is 9.61. The molecule has 2 rings (SSSR count). The quantitative estimate of drug-likeness (QED) is 0.775. The Labute approximate surface area is 96.0 Å². The van der Waals surface area contributed by atoms with E-state index < -0.39 is 0 Å². The van der Waals surface area contributed by atoms with Crippen LogP contribution in [0.1, 0.15) is 30.1 Å². The lowest BCUT2D eigenvalue weighted by molar-refractivity contribution is 0.172. The van der Waals surface area contributed by atoms with Crippen LogP contribution >= 0.6 is 0 Å². The van der Waals surface area contributed by atoms with E-state index in [0.29, 0.717) is 6.61 Å². The van der Waals surface area contributed by atoms with Crippen LogP contribution in [0.2, 0.25) is 0 Å². The molecule has 3 heteroatoms. The third-order valence-corrected chi connectivity index (χ3v) is 2.92. The Kier molecular flexibility index (Phi) is 3.80. The smallest absolute Gasteiger partial charge is 0.119 e. The first kappa shape index (κ1) is 11.4. The van der Waals surface area contributed by atoms with Gasteiger partial charge in [0.25, 0.3) is 0 Å². The van der Waals surface area contributed by atoms with Gasteiger partial charge >= 0.3 is 0 Å². The van der Waals surface area contributed by atoms with Crippen molar-refractivity contribution in [1.29, 1.82) is 0 Å². The molecule has 0 spiro atoms. The summed E-state index contributed by atoms with van der Waals surface area (Å²) >= 11 is 0. The fourth-order valence-corrected chi connectivity index (χ4v) is 2.05. The lowest BCUT2D eigenvalue weighted by Crippen LogP contribution is -2.01. The molecule has 1 aliphatic carbocycles. The van der Waals surface area contributed by atoms with Gasteiger partial charge in [-0.15, -0.1) is 0 Å². The summed E-state index contributed by atoms with van der Waals surface area (Å²) in [5.41, 5.74) is 2.28. The Bertz CT molecular complexity index is 349. The second-order valence-electron chi connectivity index (χ2n) is 4.11. The molecule has 0 amide bonds. The predicted octanol–water partition coefficient (Wildman–Crippen LogP) is 2.08. The highest BCUT2D eigenvalue weighted by molar-refractivity contribution is 5.39. The largest absolute Gasteiger partial charge is 0.493 e. The average molecular weight is 222 g/mol. The van der Waals surface area contributed by atoms with E-state index >= 15 is 0 Å². The molecule has 0 heterocycles. The van der Waals surface area contributed by atoms with Gasteiger partial charge in [0.1, 0.15) is 5.75 Å². The van der Waals surface area contributed by atoms with Crippen LogP contribution in [0.25, 0.3) is 0 Å². The summed E-state index contributed by atoms with van der Waals surface area (Å²) < 4.78 is 10.6. The van der Waals surface area contributed by atoms with E-state index in [1.807, 2.05) is 18.2 Å². The minimum Gasteiger partial charge on any atom is -0.493 e. The van der Waals surface area contributed by atoms with Gasteiger partial charge in [0.15, 0.2) is 0 Å². The molecular weight excluding hydrogens is 204 g/mol. The predicted molar refractivity (Wildman–Crippen MR) is 61.7 cm³/mol. The van der Waals surface area contributed by atoms with Crippen molar-refractivity contribution in [2.24, 2.45) is 0 Å². The monoisotopic (exact) mass is 222 g/mol. The molecule has 16 heavy (non-hydrogen) atoms. The SMILES string of the molecule is COCCCOc1ccc2c(c1)CC[C@@H]2O. The molecule has 1 aromatic rings. The first-order valence-corrected chi connectivity index (χ1v) is 5.74. The van der Waals surface area contributed by atoms with Crippen molar-refractivity contribution in [2.75, 3.05) is 20.3 Å². The normalized spacial score (nSPS) is 18.5. The Hall–Kier alpha value is -1.06. The van der Waals surface area contributed by atoms with Gasteiger partial charge < -0.3 is 14.6 Å². The molecule has 0 radical (unpaired) electrons. The average Bonchev–Trinajstić information content (AvgIpc) is 2.66. The molecule has 0 aliphatic heterocycles. The van der Waals surface area contributed by atoms with Crippen LogP contribution < -0.4 is 4.74 Å². The van der Waals surface area contributed by atoms with Gasteiger partial charge in [-0.3, -0.25) is 0 Å². The van der Waals surface area contributed by atoms with E-state index in [1.54, 1.807) is 7.11 Å². The summed E-state index contributed by atoms with van der Waals surface area (Å²) in [5, 5.41) is 9.66. The van der Waals surface area contributed by atoms with E-state index in [9.17, 15) is 5.11 Å². The van der Waals surface area contributed by atoms with Gasteiger partial charge in [-0.25, -0.2) is 0 Å². The topological polar surface area (TPSA) is 38.7 Å². The molecule has 0 saturated heterocycles. The van der Waals surface area contributed by atoms with Crippen molar-refractivity contribution in [1.82, 2.24) is 0 Å². The first-order valence-electron chi connectivity index (χ1n) is 5.74. The van der Waals surface area contributed by atoms with Crippen LogP contribution in [-0.2, 0) is 11.2 Å². The molecule has 0 unspecified atom stereocenters. The highest BCUT2D eigenvalue weighted by Gasteiger charge is 2.20. The molecule has 1 N–H and O–H groups in total. The fraction of sp³-hybridized carbons (Fsp3) is 0.538. The van der Waals surface area contributed by atoms with Crippen molar-refractivity contribution < 1.29 is 14.6 Å². The first-order chi connectivity index (χ1) is 7.81. The molecular formula is C13H18O3. The van der Waals surface area contributed by atoms with Crippen LogP contribution in [0, 0.1) is 0 Å². The van der Waals surface area contributed by atoms with E-state index in [0.717, 1.165) is 37.2 Å². The zero-order chi connectivity index (χ0) is 11.4. The van der Waals surface area contributed by atoms with Crippen molar-refractivity contribution in [3.63, 3.8) is 0 Å². The van der Waals surface area contributed by atoms with Crippen molar-refractivity contribution >= 4 is 0 Å². The van der Waals surface area contributed by atoms with Crippen LogP contribution in [0.5, 0.6) is 5.75 Å². The number of benzene rings is 1. The Morgan fingerprint density at radius 2 is 2.25 bits per heavy atom. The van der Waals surface area contributed by atoms with E-state index in [2.05, 4.69) is 0 Å². The van der Waals surface area contributed by atoms with Gasteiger partial charge in [0.2, 0.25) is 0 Å². The Morgan fingerprint density at radius 1 is 1.38 bits per heavy atom. The van der Waals surface area contributed by atoms with Gasteiger partial charge in [-0.05, 0) is 36.1 Å². The van der Waals surface area contributed by atoms with Crippen molar-refractivity contribution in [3.05, 3.63) is 29.3 Å². The number of aliphatic hydroxyl groups is 1. The minimum atomic E-state index is -0.280. The summed E-state index contributed by atoms with van der Waals surface area (Å²) in [4.78, 5) is 0. The molecule has 0 aromatic heterocycles. The maximum atomic E-state index is 9.66. The molecule has 0 bridgehead atoms. The number of aliphatic hydroxyl groups excluding tert-OH is 1. The van der Waals surface area contributed by atoms with Crippen LogP contribution in [0.3, 0.4) is 0 Å². The number of methoxy groups -OCH3 is 1. The summed E-state index contributed by atoms with van der Waals surface area (Å²) in [6, 6.07) is 5.94. The third-order valence-electron chi connectivity index (χ3n) is 2.92. The van der Waals surface area contributed by atoms with E-state index in [1.165, 1.54) is 5.56 Å². The summed E-state index contributed by atoms with van der Waals surface area (Å²) in [6.07, 6.45) is 2.40. The number of ether oxygens (including phenoxy) is 2. The fourth-order valence-electron chi connectivity index (χ4n) is 2.05. The van der Waals surface area contributed by atoms with Gasteiger partial charge in [-0.1, -0.05) is 6.07 Å². The molecule has 0 fully saturated rings. The second kappa shape index (κ2) is 5.32. The molecule has 1 aromatic carbocycles. The maximum absolute atomic E-state index is 9.66. The van der Waals surface area contributed by atoms with Gasteiger partial charge in [0, 0.05) is 20.1 Å². The minimum absolute atomic E-state index is 0.280. The number of fused-ring (bicyclic) bond motifs is 1. The molecule has 3 nitrogen and oxygen atoms in total. The van der Waals surface area contributed by atoms with Crippen molar-refractivity contribution in [3.8, 4) is 5.75 Å². The van der Waals surface area contributed by atoms with Crippen molar-refractivity contribution in [2.45, 2.75) is 25.4 Å². The highest BCUT2D eigenvalue weighted by Crippen LogP contribution is 2.33. The molecule has 1 aliphatic rings. The van der Waals surface area contributed by atoms with Gasteiger partial charge in [0.05, 0.1) is 12.7 Å². The molecule has 1 atom stereocenters. The third kappa shape index (κ3) is 2.54. The number of rotatable bonds is 5. The van der Waals surface area contributed by atoms with Crippen LogP contribution in [0.4, 0.5) is 0 Å². The Balaban J connectivity index is 1.92. The number of hydrogen-bond donors (Lipinski definition) is 1. The zero-order valence-corrected chi connectivity index (χ0v) is 9.61. The lowest BCUT2D eigenvalue weighted by Gasteiger charge is -2.08.